The Kier molecular flexibility index (Phi) is 3.44. The van der Waals surface area contributed by atoms with Crippen LogP contribution < -0.4 is 5.32 Å². The first-order valence-electron chi connectivity index (χ1n) is 7.00. The number of hydrogen-bond acceptors (Lipinski definition) is 3. The van der Waals surface area contributed by atoms with Gasteiger partial charge >= 0.3 is 0 Å². The SMILES string of the molecule is Cc1ccn2c(C(=O)NCC3CCCO3)c(C)nc2c1. The van der Waals surface area contributed by atoms with Gasteiger partial charge in [-0.05, 0) is 44.4 Å². The average molecular weight is 273 g/mol. The van der Waals surface area contributed by atoms with Crippen LogP contribution in [0.5, 0.6) is 0 Å². The van der Waals surface area contributed by atoms with Gasteiger partial charge in [0, 0.05) is 19.3 Å². The van der Waals surface area contributed by atoms with Gasteiger partial charge in [0.25, 0.3) is 5.91 Å². The van der Waals surface area contributed by atoms with Crippen LogP contribution in [-0.4, -0.2) is 34.5 Å². The van der Waals surface area contributed by atoms with Gasteiger partial charge < -0.3 is 10.1 Å². The maximum absolute atomic E-state index is 12.4. The molecule has 0 aromatic carbocycles. The number of carbonyl (C=O) groups is 1. The van der Waals surface area contributed by atoms with Crippen molar-refractivity contribution < 1.29 is 9.53 Å². The summed E-state index contributed by atoms with van der Waals surface area (Å²) in [6.07, 6.45) is 4.15. The third-order valence-corrected chi connectivity index (χ3v) is 3.69. The molecule has 3 rings (SSSR count). The first kappa shape index (κ1) is 13.1. The van der Waals surface area contributed by atoms with Crippen molar-refractivity contribution >= 4 is 11.6 Å². The van der Waals surface area contributed by atoms with E-state index in [9.17, 15) is 4.79 Å². The molecule has 3 heterocycles. The molecule has 1 atom stereocenters. The van der Waals surface area contributed by atoms with Crippen LogP contribution in [0.1, 0.15) is 34.6 Å². The number of imidazole rings is 1. The summed E-state index contributed by atoms with van der Waals surface area (Å²) >= 11 is 0. The maximum atomic E-state index is 12.4. The van der Waals surface area contributed by atoms with Gasteiger partial charge in [-0.1, -0.05) is 0 Å². The summed E-state index contributed by atoms with van der Waals surface area (Å²) in [6.45, 7) is 5.25. The summed E-state index contributed by atoms with van der Waals surface area (Å²) in [4.78, 5) is 16.8. The van der Waals surface area contributed by atoms with Crippen LogP contribution in [0.3, 0.4) is 0 Å². The van der Waals surface area contributed by atoms with Crippen molar-refractivity contribution in [2.45, 2.75) is 32.8 Å². The Morgan fingerprint density at radius 1 is 1.55 bits per heavy atom. The Morgan fingerprint density at radius 3 is 3.15 bits per heavy atom. The predicted octanol–water partition coefficient (Wildman–Crippen LogP) is 1.86. The van der Waals surface area contributed by atoms with Crippen molar-refractivity contribution in [3.8, 4) is 0 Å². The van der Waals surface area contributed by atoms with E-state index in [2.05, 4.69) is 10.3 Å². The van der Waals surface area contributed by atoms with E-state index in [4.69, 9.17) is 4.74 Å². The minimum absolute atomic E-state index is 0.0886. The van der Waals surface area contributed by atoms with Gasteiger partial charge in [0.2, 0.25) is 0 Å². The Morgan fingerprint density at radius 2 is 2.40 bits per heavy atom. The summed E-state index contributed by atoms with van der Waals surface area (Å²) in [5, 5.41) is 2.95. The van der Waals surface area contributed by atoms with E-state index < -0.39 is 0 Å². The van der Waals surface area contributed by atoms with Gasteiger partial charge in [0.15, 0.2) is 0 Å². The zero-order valence-electron chi connectivity index (χ0n) is 11.8. The van der Waals surface area contributed by atoms with Crippen LogP contribution in [0, 0.1) is 13.8 Å². The zero-order chi connectivity index (χ0) is 14.1. The molecule has 1 unspecified atom stereocenters. The van der Waals surface area contributed by atoms with E-state index in [0.717, 1.165) is 36.4 Å². The van der Waals surface area contributed by atoms with Crippen molar-refractivity contribution in [1.82, 2.24) is 14.7 Å². The molecule has 0 radical (unpaired) electrons. The summed E-state index contributed by atoms with van der Waals surface area (Å²) < 4.78 is 7.36. The number of ether oxygens (including phenoxy) is 1. The number of hydrogen-bond donors (Lipinski definition) is 1. The highest BCUT2D eigenvalue weighted by Crippen LogP contribution is 2.14. The molecule has 1 fully saturated rings. The molecule has 1 saturated heterocycles. The number of amides is 1. The molecule has 2 aromatic rings. The molecular formula is C15H19N3O2. The lowest BCUT2D eigenvalue weighted by Gasteiger charge is -2.11. The largest absolute Gasteiger partial charge is 0.376 e. The number of nitrogens with one attached hydrogen (secondary N) is 1. The molecule has 0 aliphatic carbocycles. The highest BCUT2D eigenvalue weighted by Gasteiger charge is 2.20. The van der Waals surface area contributed by atoms with Gasteiger partial charge in [-0.3, -0.25) is 9.20 Å². The van der Waals surface area contributed by atoms with E-state index in [0.29, 0.717) is 12.2 Å². The quantitative estimate of drug-likeness (QED) is 0.928. The molecule has 1 aliphatic rings. The van der Waals surface area contributed by atoms with Crippen LogP contribution in [-0.2, 0) is 4.74 Å². The fourth-order valence-electron chi connectivity index (χ4n) is 2.63. The van der Waals surface area contributed by atoms with Gasteiger partial charge in [-0.15, -0.1) is 0 Å². The third kappa shape index (κ3) is 2.41. The normalized spacial score (nSPS) is 18.6. The highest BCUT2D eigenvalue weighted by molar-refractivity contribution is 5.94. The number of aromatic nitrogens is 2. The third-order valence-electron chi connectivity index (χ3n) is 3.69. The molecule has 1 aliphatic heterocycles. The molecule has 0 bridgehead atoms. The molecule has 0 spiro atoms. The Bertz CT molecular complexity index is 642. The fraction of sp³-hybridized carbons (Fsp3) is 0.467. The molecular weight excluding hydrogens is 254 g/mol. The Labute approximate surface area is 118 Å². The molecule has 1 amide bonds. The summed E-state index contributed by atoms with van der Waals surface area (Å²) in [6, 6.07) is 3.95. The van der Waals surface area contributed by atoms with E-state index in [1.807, 2.05) is 36.6 Å². The standard InChI is InChI=1S/C15H19N3O2/c1-10-5-6-18-13(8-10)17-11(2)14(18)15(19)16-9-12-4-3-7-20-12/h5-6,8,12H,3-4,7,9H2,1-2H3,(H,16,19). The molecule has 5 heteroatoms. The molecule has 1 N–H and O–H groups in total. The topological polar surface area (TPSA) is 55.6 Å². The van der Waals surface area contributed by atoms with Gasteiger partial charge in [0.05, 0.1) is 11.8 Å². The smallest absolute Gasteiger partial charge is 0.270 e. The second-order valence-corrected chi connectivity index (χ2v) is 5.32. The van der Waals surface area contributed by atoms with Gasteiger partial charge in [0.1, 0.15) is 11.3 Å². The first-order valence-corrected chi connectivity index (χ1v) is 7.00. The predicted molar refractivity (Wildman–Crippen MR) is 76.0 cm³/mol. The van der Waals surface area contributed by atoms with Crippen molar-refractivity contribution in [1.29, 1.82) is 0 Å². The molecule has 2 aromatic heterocycles. The van der Waals surface area contributed by atoms with Crippen molar-refractivity contribution in [2.24, 2.45) is 0 Å². The van der Waals surface area contributed by atoms with Crippen molar-refractivity contribution in [2.75, 3.05) is 13.2 Å². The Hall–Kier alpha value is -1.88. The minimum Gasteiger partial charge on any atom is -0.376 e. The fourth-order valence-corrected chi connectivity index (χ4v) is 2.63. The van der Waals surface area contributed by atoms with Crippen LogP contribution in [0.25, 0.3) is 5.65 Å². The monoisotopic (exact) mass is 273 g/mol. The summed E-state index contributed by atoms with van der Waals surface area (Å²) in [5.74, 6) is -0.0886. The number of nitrogens with zero attached hydrogens (tertiary/aromatic N) is 2. The van der Waals surface area contributed by atoms with E-state index in [1.54, 1.807) is 0 Å². The summed E-state index contributed by atoms with van der Waals surface area (Å²) in [7, 11) is 0. The van der Waals surface area contributed by atoms with E-state index in [-0.39, 0.29) is 12.0 Å². The van der Waals surface area contributed by atoms with Crippen molar-refractivity contribution in [3.63, 3.8) is 0 Å². The second kappa shape index (κ2) is 5.25. The van der Waals surface area contributed by atoms with Gasteiger partial charge in [-0.2, -0.15) is 0 Å². The second-order valence-electron chi connectivity index (χ2n) is 5.32. The lowest BCUT2D eigenvalue weighted by Crippen LogP contribution is -2.32. The van der Waals surface area contributed by atoms with Crippen LogP contribution in [0.15, 0.2) is 18.3 Å². The van der Waals surface area contributed by atoms with Crippen LogP contribution in [0.2, 0.25) is 0 Å². The highest BCUT2D eigenvalue weighted by atomic mass is 16.5. The molecule has 5 nitrogen and oxygen atoms in total. The zero-order valence-corrected chi connectivity index (χ0v) is 11.8. The Balaban J connectivity index is 1.81. The molecule has 0 saturated carbocycles. The number of carbonyl (C=O) groups excluding carboxylic acids is 1. The number of pyridine rings is 1. The van der Waals surface area contributed by atoms with Crippen LogP contribution >= 0.6 is 0 Å². The first-order chi connectivity index (χ1) is 9.65. The number of aryl methyl sites for hydroxylation is 2. The van der Waals surface area contributed by atoms with E-state index in [1.165, 1.54) is 0 Å². The summed E-state index contributed by atoms with van der Waals surface area (Å²) in [5.41, 5.74) is 3.30. The lowest BCUT2D eigenvalue weighted by atomic mass is 10.2. The maximum Gasteiger partial charge on any atom is 0.270 e. The minimum atomic E-state index is -0.0886. The lowest BCUT2D eigenvalue weighted by molar-refractivity contribution is 0.0852. The van der Waals surface area contributed by atoms with Gasteiger partial charge in [-0.25, -0.2) is 4.98 Å². The van der Waals surface area contributed by atoms with E-state index >= 15 is 0 Å². The number of rotatable bonds is 3. The average Bonchev–Trinajstić information content (AvgIpc) is 3.02. The molecule has 20 heavy (non-hydrogen) atoms. The van der Waals surface area contributed by atoms with Crippen LogP contribution in [0.4, 0.5) is 0 Å². The van der Waals surface area contributed by atoms with Crippen molar-refractivity contribution in [3.05, 3.63) is 35.3 Å². The number of fused-ring (bicyclic) bond motifs is 1. The molecule has 106 valence electrons.